The van der Waals surface area contributed by atoms with Crippen molar-refractivity contribution in [2.45, 2.75) is 50.4 Å². The molecule has 0 aromatic carbocycles. The lowest BCUT2D eigenvalue weighted by Crippen LogP contribution is -2.55. The molecule has 1 rings (SSSR count). The molecule has 0 aromatic rings. The molecule has 102 valence electrons. The molecule has 17 heavy (non-hydrogen) atoms. The van der Waals surface area contributed by atoms with E-state index in [1.807, 2.05) is 0 Å². The van der Waals surface area contributed by atoms with Crippen LogP contribution in [0.4, 0.5) is 0 Å². The summed E-state index contributed by atoms with van der Waals surface area (Å²) in [5, 5.41) is 7.78. The summed E-state index contributed by atoms with van der Waals surface area (Å²) in [6.07, 6.45) is -1.99. The van der Waals surface area contributed by atoms with E-state index in [4.69, 9.17) is 4.18 Å². The van der Waals surface area contributed by atoms with Gasteiger partial charge in [-0.15, -0.1) is 0 Å². The summed E-state index contributed by atoms with van der Waals surface area (Å²) in [6, 6.07) is 0. The minimum atomic E-state index is -3.84. The molecular formula is C9H17O6S2-. The Kier molecular flexibility index (Phi) is 4.05. The van der Waals surface area contributed by atoms with Crippen LogP contribution in [0.3, 0.4) is 0 Å². The van der Waals surface area contributed by atoms with Gasteiger partial charge in [0.25, 0.3) is 10.1 Å². The van der Waals surface area contributed by atoms with E-state index in [-0.39, 0.29) is 0 Å². The summed E-state index contributed by atoms with van der Waals surface area (Å²) in [5.74, 6) is 0. The maximum atomic E-state index is 11.7. The highest BCUT2D eigenvalue weighted by Gasteiger charge is 2.61. The zero-order valence-corrected chi connectivity index (χ0v) is 11.7. The zero-order chi connectivity index (χ0) is 13.6. The predicted octanol–water partition coefficient (Wildman–Crippen LogP) is -0.242. The van der Waals surface area contributed by atoms with Crippen LogP contribution in [0.15, 0.2) is 0 Å². The van der Waals surface area contributed by atoms with E-state index in [2.05, 4.69) is 0 Å². The van der Waals surface area contributed by atoms with Crippen LogP contribution < -0.4 is 0 Å². The molecule has 1 aliphatic heterocycles. The Balaban J connectivity index is 3.40. The Morgan fingerprint density at radius 3 is 2.12 bits per heavy atom. The van der Waals surface area contributed by atoms with E-state index in [9.17, 15) is 22.3 Å². The van der Waals surface area contributed by atoms with Gasteiger partial charge >= 0.3 is 0 Å². The van der Waals surface area contributed by atoms with E-state index < -0.39 is 49.3 Å². The third-order valence-electron chi connectivity index (χ3n) is 3.84. The maximum Gasteiger partial charge on any atom is 0.271 e. The summed E-state index contributed by atoms with van der Waals surface area (Å²) in [7, 11) is -3.84. The second kappa shape index (κ2) is 4.58. The number of hydrogen-bond donors (Lipinski definition) is 1. The molecule has 6 atom stereocenters. The van der Waals surface area contributed by atoms with Crippen molar-refractivity contribution in [3.05, 3.63) is 0 Å². The maximum absolute atomic E-state index is 11.7. The first-order valence-electron chi connectivity index (χ1n) is 5.26. The van der Waals surface area contributed by atoms with Crippen molar-refractivity contribution in [3.8, 4) is 0 Å². The molecule has 8 heteroatoms. The molecule has 0 spiro atoms. The smallest absolute Gasteiger partial charge is 0.271 e. The van der Waals surface area contributed by atoms with Gasteiger partial charge in [0, 0.05) is 5.25 Å². The molecule has 0 saturated carbocycles. The van der Waals surface area contributed by atoms with Crippen LogP contribution in [0.5, 0.6) is 0 Å². The highest BCUT2D eigenvalue weighted by Crippen LogP contribution is 2.48. The standard InChI is InChI=1S/C9H18O6S2/c1-5(10)9(7(3)16(11)12)6(2)15-17(13,14)8(9)4/h5-8,10H,1-4H3,(H,11,12)/p-1. The van der Waals surface area contributed by atoms with Crippen molar-refractivity contribution in [1.82, 2.24) is 0 Å². The monoisotopic (exact) mass is 285 g/mol. The van der Waals surface area contributed by atoms with Crippen molar-refractivity contribution < 1.29 is 26.5 Å². The molecule has 1 fully saturated rings. The number of hydrogen-bond acceptors (Lipinski definition) is 6. The molecule has 0 bridgehead atoms. The summed E-state index contributed by atoms with van der Waals surface area (Å²) in [6.45, 7) is 5.61. The van der Waals surface area contributed by atoms with Crippen LogP contribution in [0.2, 0.25) is 0 Å². The Labute approximate surface area is 104 Å². The van der Waals surface area contributed by atoms with Gasteiger partial charge in [0.2, 0.25) is 0 Å². The number of aliphatic hydroxyl groups is 1. The molecule has 6 unspecified atom stereocenters. The fraction of sp³-hybridized carbons (Fsp3) is 1.00. The van der Waals surface area contributed by atoms with Crippen LogP contribution in [0, 0.1) is 5.41 Å². The molecular weight excluding hydrogens is 268 g/mol. The van der Waals surface area contributed by atoms with Crippen LogP contribution in [-0.4, -0.2) is 45.0 Å². The predicted molar refractivity (Wildman–Crippen MR) is 61.4 cm³/mol. The summed E-state index contributed by atoms with van der Waals surface area (Å²) < 4.78 is 50.5. The third-order valence-corrected chi connectivity index (χ3v) is 6.65. The van der Waals surface area contributed by atoms with Crippen molar-refractivity contribution in [2.24, 2.45) is 5.41 Å². The quantitative estimate of drug-likeness (QED) is 0.567. The lowest BCUT2D eigenvalue weighted by atomic mass is 9.73. The molecule has 1 saturated heterocycles. The van der Waals surface area contributed by atoms with Crippen LogP contribution in [-0.2, 0) is 25.4 Å². The van der Waals surface area contributed by atoms with Gasteiger partial charge < -0.3 is 9.66 Å². The Bertz CT molecular complexity index is 417. The van der Waals surface area contributed by atoms with Gasteiger partial charge in [-0.05, 0) is 20.8 Å². The molecule has 0 aliphatic carbocycles. The summed E-state index contributed by atoms with van der Waals surface area (Å²) in [4.78, 5) is 0. The molecule has 0 aromatic heterocycles. The van der Waals surface area contributed by atoms with E-state index in [0.717, 1.165) is 0 Å². The van der Waals surface area contributed by atoms with Gasteiger partial charge in [0.1, 0.15) is 0 Å². The van der Waals surface area contributed by atoms with Crippen molar-refractivity contribution >= 4 is 21.2 Å². The van der Waals surface area contributed by atoms with Gasteiger partial charge in [0.15, 0.2) is 0 Å². The average molecular weight is 285 g/mol. The second-order valence-corrected chi connectivity index (χ2v) is 7.57. The molecule has 1 heterocycles. The van der Waals surface area contributed by atoms with Crippen molar-refractivity contribution in [3.63, 3.8) is 0 Å². The minimum Gasteiger partial charge on any atom is -0.772 e. The van der Waals surface area contributed by atoms with Gasteiger partial charge in [-0.2, -0.15) is 8.42 Å². The molecule has 6 nitrogen and oxygen atoms in total. The third kappa shape index (κ3) is 2.06. The van der Waals surface area contributed by atoms with Gasteiger partial charge in [-0.1, -0.05) is 18.0 Å². The number of rotatable bonds is 3. The fourth-order valence-electron chi connectivity index (χ4n) is 2.80. The number of aliphatic hydroxyl groups excluding tert-OH is 1. The zero-order valence-electron chi connectivity index (χ0n) is 10.1. The first kappa shape index (κ1) is 15.0. The van der Waals surface area contributed by atoms with Gasteiger partial charge in [-0.3, -0.25) is 8.39 Å². The lowest BCUT2D eigenvalue weighted by Gasteiger charge is -2.42. The van der Waals surface area contributed by atoms with Crippen molar-refractivity contribution in [2.75, 3.05) is 0 Å². The van der Waals surface area contributed by atoms with E-state index in [1.165, 1.54) is 27.7 Å². The molecule has 0 radical (unpaired) electrons. The van der Waals surface area contributed by atoms with E-state index in [1.54, 1.807) is 0 Å². The highest BCUT2D eigenvalue weighted by atomic mass is 32.2. The first-order chi connectivity index (χ1) is 7.58. The van der Waals surface area contributed by atoms with Crippen LogP contribution in [0.1, 0.15) is 27.7 Å². The summed E-state index contributed by atoms with van der Waals surface area (Å²) >= 11 is -2.49. The van der Waals surface area contributed by atoms with Gasteiger partial charge in [-0.25, -0.2) is 0 Å². The molecule has 1 aliphatic rings. The van der Waals surface area contributed by atoms with E-state index in [0.29, 0.717) is 0 Å². The Hall–Kier alpha value is -0.0200. The topological polar surface area (TPSA) is 104 Å². The first-order valence-corrected chi connectivity index (χ1v) is 7.87. The van der Waals surface area contributed by atoms with E-state index >= 15 is 0 Å². The largest absolute Gasteiger partial charge is 0.772 e. The Morgan fingerprint density at radius 1 is 1.41 bits per heavy atom. The van der Waals surface area contributed by atoms with Crippen molar-refractivity contribution in [1.29, 1.82) is 0 Å². The second-order valence-electron chi connectivity index (χ2n) is 4.45. The SMILES string of the molecule is CC(O)C1(C(C)S(=O)[O-])C(C)OS(=O)(=O)C1C. The van der Waals surface area contributed by atoms with Gasteiger partial charge in [0.05, 0.1) is 22.9 Å². The lowest BCUT2D eigenvalue weighted by molar-refractivity contribution is -0.0155. The Morgan fingerprint density at radius 2 is 1.88 bits per heavy atom. The highest BCUT2D eigenvalue weighted by molar-refractivity contribution is 7.87. The minimum absolute atomic E-state index is 0.879. The summed E-state index contributed by atoms with van der Waals surface area (Å²) in [5.41, 5.74) is -1.34. The average Bonchev–Trinajstić information content (AvgIpc) is 2.33. The fourth-order valence-corrected chi connectivity index (χ4v) is 5.64. The van der Waals surface area contributed by atoms with Crippen LogP contribution in [0.25, 0.3) is 0 Å². The molecule has 1 N–H and O–H groups in total. The normalized spacial score (nSPS) is 42.0. The molecule has 0 amide bonds. The van der Waals surface area contributed by atoms with Crippen LogP contribution >= 0.6 is 0 Å².